The number of ether oxygens (including phenoxy) is 2. The van der Waals surface area contributed by atoms with Gasteiger partial charge in [0.15, 0.2) is 5.78 Å². The second-order valence-corrected chi connectivity index (χ2v) is 8.62. The van der Waals surface area contributed by atoms with Crippen LogP contribution in [0.25, 0.3) is 0 Å². The Labute approximate surface area is 170 Å². The third-order valence-electron chi connectivity index (χ3n) is 4.63. The monoisotopic (exact) mass is 422 g/mol. The minimum atomic E-state index is -3.90. The van der Waals surface area contributed by atoms with Crippen LogP contribution in [0, 0.1) is 20.8 Å². The van der Waals surface area contributed by atoms with Gasteiger partial charge in [-0.25, -0.2) is 13.2 Å². The maximum atomic E-state index is 13.1. The number of carbonyl (C=O) groups is 2. The van der Waals surface area contributed by atoms with Crippen molar-refractivity contribution in [1.82, 2.24) is 9.29 Å². The van der Waals surface area contributed by atoms with Crippen LogP contribution in [0.3, 0.4) is 0 Å². The van der Waals surface area contributed by atoms with Crippen LogP contribution in [0.5, 0.6) is 0 Å². The van der Waals surface area contributed by atoms with Gasteiger partial charge in [-0.1, -0.05) is 17.7 Å². The minimum Gasteiger partial charge on any atom is -0.464 e. The van der Waals surface area contributed by atoms with E-state index in [0.29, 0.717) is 11.3 Å². The van der Waals surface area contributed by atoms with Crippen molar-refractivity contribution in [3.8, 4) is 0 Å². The average molecular weight is 423 g/mol. The molecule has 8 nitrogen and oxygen atoms in total. The molecule has 0 unspecified atom stereocenters. The number of carbonyl (C=O) groups excluding carboxylic acids is 2. The highest BCUT2D eigenvalue weighted by atomic mass is 32.2. The first-order valence-electron chi connectivity index (χ1n) is 8.99. The number of aromatic nitrogens is 1. The van der Waals surface area contributed by atoms with Crippen LogP contribution in [-0.4, -0.2) is 63.4 Å². The highest BCUT2D eigenvalue weighted by Crippen LogP contribution is 2.22. The van der Waals surface area contributed by atoms with E-state index < -0.39 is 21.8 Å². The summed E-state index contributed by atoms with van der Waals surface area (Å²) in [5, 5.41) is 0. The van der Waals surface area contributed by atoms with E-state index in [9.17, 15) is 18.0 Å². The Hall–Kier alpha value is -2.49. The molecule has 0 atom stereocenters. The molecule has 0 spiro atoms. The number of Topliss-reactive ketones (excluding diaryl/α,β-unsaturated/α-hetero) is 1. The van der Waals surface area contributed by atoms with E-state index >= 15 is 0 Å². The largest absolute Gasteiger partial charge is 0.464 e. The molecular formula is C20H26N2O6S. The fourth-order valence-corrected chi connectivity index (χ4v) is 4.43. The van der Waals surface area contributed by atoms with Gasteiger partial charge in [0.05, 0.1) is 25.2 Å². The standard InChI is InChI=1S/C20H26N2O6S/c1-13-6-8-16(9-7-13)29(25,26)22(10-11-27-4)12-17(23)18-14(2)19(20(24)28-5)21-15(18)3/h6-9,21H,10-12H2,1-5H3. The quantitative estimate of drug-likeness (QED) is 0.491. The molecule has 29 heavy (non-hydrogen) atoms. The molecule has 0 amide bonds. The predicted molar refractivity (Wildman–Crippen MR) is 108 cm³/mol. The Morgan fingerprint density at radius 1 is 1.07 bits per heavy atom. The number of methoxy groups -OCH3 is 2. The van der Waals surface area contributed by atoms with Crippen LogP contribution in [0.4, 0.5) is 0 Å². The Kier molecular flexibility index (Phi) is 7.34. The lowest BCUT2D eigenvalue weighted by Crippen LogP contribution is -2.38. The average Bonchev–Trinajstić information content (AvgIpc) is 2.98. The maximum Gasteiger partial charge on any atom is 0.354 e. The van der Waals surface area contributed by atoms with Crippen LogP contribution in [-0.2, 0) is 19.5 Å². The summed E-state index contributed by atoms with van der Waals surface area (Å²) in [6.45, 7) is 4.91. The zero-order chi connectivity index (χ0) is 21.8. The van der Waals surface area contributed by atoms with E-state index in [1.54, 1.807) is 26.0 Å². The number of H-pyrrole nitrogens is 1. The first-order valence-corrected chi connectivity index (χ1v) is 10.4. The van der Waals surface area contributed by atoms with Crippen molar-refractivity contribution in [3.63, 3.8) is 0 Å². The smallest absolute Gasteiger partial charge is 0.354 e. The fourth-order valence-electron chi connectivity index (χ4n) is 3.05. The van der Waals surface area contributed by atoms with Crippen molar-refractivity contribution in [2.45, 2.75) is 25.7 Å². The summed E-state index contributed by atoms with van der Waals surface area (Å²) in [5.74, 6) is -1.01. The molecule has 0 aliphatic rings. The summed E-state index contributed by atoms with van der Waals surface area (Å²) in [4.78, 5) is 27.8. The Morgan fingerprint density at radius 3 is 2.24 bits per heavy atom. The van der Waals surface area contributed by atoms with Gasteiger partial charge in [-0.3, -0.25) is 4.79 Å². The second-order valence-electron chi connectivity index (χ2n) is 6.68. The molecule has 158 valence electrons. The molecule has 1 aromatic heterocycles. The zero-order valence-electron chi connectivity index (χ0n) is 17.2. The number of aromatic amines is 1. The van der Waals surface area contributed by atoms with E-state index in [4.69, 9.17) is 9.47 Å². The number of nitrogens with zero attached hydrogens (tertiary/aromatic N) is 1. The third kappa shape index (κ3) is 4.92. The lowest BCUT2D eigenvalue weighted by molar-refractivity contribution is 0.0594. The summed E-state index contributed by atoms with van der Waals surface area (Å²) in [5.41, 5.74) is 2.30. The Morgan fingerprint density at radius 2 is 1.69 bits per heavy atom. The molecule has 2 rings (SSSR count). The normalized spacial score (nSPS) is 11.7. The molecular weight excluding hydrogens is 396 g/mol. The molecule has 0 fully saturated rings. The van der Waals surface area contributed by atoms with Gasteiger partial charge in [0, 0.05) is 24.9 Å². The number of benzene rings is 1. The number of rotatable bonds is 9. The number of hydrogen-bond donors (Lipinski definition) is 1. The van der Waals surface area contributed by atoms with E-state index in [1.165, 1.54) is 26.4 Å². The molecule has 0 radical (unpaired) electrons. The fraction of sp³-hybridized carbons (Fsp3) is 0.400. The number of nitrogens with one attached hydrogen (secondary N) is 1. The van der Waals surface area contributed by atoms with Gasteiger partial charge in [0.1, 0.15) is 5.69 Å². The van der Waals surface area contributed by atoms with Crippen LogP contribution in [0.15, 0.2) is 29.2 Å². The predicted octanol–water partition coefficient (Wildman–Crippen LogP) is 2.25. The molecule has 0 bridgehead atoms. The van der Waals surface area contributed by atoms with Crippen molar-refractivity contribution in [2.24, 2.45) is 0 Å². The zero-order valence-corrected chi connectivity index (χ0v) is 18.1. The van der Waals surface area contributed by atoms with Crippen molar-refractivity contribution < 1.29 is 27.5 Å². The number of sulfonamides is 1. The molecule has 0 saturated carbocycles. The van der Waals surface area contributed by atoms with Gasteiger partial charge >= 0.3 is 5.97 Å². The SMILES string of the molecule is COCCN(CC(=O)c1c(C)[nH]c(C(=O)OC)c1C)S(=O)(=O)c1ccc(C)cc1. The van der Waals surface area contributed by atoms with Crippen molar-refractivity contribution in [1.29, 1.82) is 0 Å². The van der Waals surface area contributed by atoms with Gasteiger partial charge in [0.2, 0.25) is 10.0 Å². The van der Waals surface area contributed by atoms with Gasteiger partial charge in [0.25, 0.3) is 0 Å². The maximum absolute atomic E-state index is 13.1. The van der Waals surface area contributed by atoms with Gasteiger partial charge < -0.3 is 14.5 Å². The lowest BCUT2D eigenvalue weighted by Gasteiger charge is -2.21. The van der Waals surface area contributed by atoms with Crippen molar-refractivity contribution in [2.75, 3.05) is 33.9 Å². The molecule has 0 saturated heterocycles. The van der Waals surface area contributed by atoms with Gasteiger partial charge in [-0.05, 0) is 38.5 Å². The van der Waals surface area contributed by atoms with Crippen LogP contribution in [0.1, 0.15) is 37.7 Å². The topological polar surface area (TPSA) is 106 Å². The Balaban J connectivity index is 2.38. The first-order chi connectivity index (χ1) is 13.6. The van der Waals surface area contributed by atoms with Crippen LogP contribution in [0.2, 0.25) is 0 Å². The van der Waals surface area contributed by atoms with Crippen molar-refractivity contribution >= 4 is 21.8 Å². The van der Waals surface area contributed by atoms with E-state index in [0.717, 1.165) is 9.87 Å². The third-order valence-corrected chi connectivity index (χ3v) is 6.49. The van der Waals surface area contributed by atoms with Crippen LogP contribution >= 0.6 is 0 Å². The summed E-state index contributed by atoms with van der Waals surface area (Å²) < 4.78 is 37.0. The molecule has 1 heterocycles. The summed E-state index contributed by atoms with van der Waals surface area (Å²) >= 11 is 0. The van der Waals surface area contributed by atoms with Gasteiger partial charge in [-0.2, -0.15) is 4.31 Å². The summed E-state index contributed by atoms with van der Waals surface area (Å²) in [6, 6.07) is 6.42. The molecule has 0 aliphatic carbocycles. The van der Waals surface area contributed by atoms with Gasteiger partial charge in [-0.15, -0.1) is 0 Å². The number of aryl methyl sites for hydroxylation is 2. The number of esters is 1. The molecule has 1 N–H and O–H groups in total. The molecule has 0 aliphatic heterocycles. The van der Waals surface area contributed by atoms with E-state index in [1.807, 2.05) is 6.92 Å². The lowest BCUT2D eigenvalue weighted by atomic mass is 10.1. The molecule has 2 aromatic rings. The van der Waals surface area contributed by atoms with E-state index in [2.05, 4.69) is 4.98 Å². The second kappa shape index (κ2) is 9.34. The first kappa shape index (κ1) is 22.8. The number of hydrogen-bond acceptors (Lipinski definition) is 6. The summed E-state index contributed by atoms with van der Waals surface area (Å²) in [7, 11) is -1.19. The van der Waals surface area contributed by atoms with Crippen molar-refractivity contribution in [3.05, 3.63) is 52.3 Å². The Bertz CT molecular complexity index is 993. The number of ketones is 1. The molecule has 9 heteroatoms. The van der Waals surface area contributed by atoms with Crippen LogP contribution < -0.4 is 0 Å². The minimum absolute atomic E-state index is 0.0187. The molecule has 1 aromatic carbocycles. The highest BCUT2D eigenvalue weighted by molar-refractivity contribution is 7.89. The summed E-state index contributed by atoms with van der Waals surface area (Å²) in [6.07, 6.45) is 0. The van der Waals surface area contributed by atoms with E-state index in [-0.39, 0.29) is 35.8 Å². The highest BCUT2D eigenvalue weighted by Gasteiger charge is 2.29.